The molecular weight excluding hydrogens is 261 g/mol. The first-order chi connectivity index (χ1) is 8.97. The number of rotatable bonds is 4. The van der Waals surface area contributed by atoms with Crippen LogP contribution in [0.4, 0.5) is 10.1 Å². The lowest BCUT2D eigenvalue weighted by Crippen LogP contribution is -2.25. The number of Topliss-reactive ketones (excluding diaryl/α,β-unsaturated/α-hetero) is 1. The minimum Gasteiger partial charge on any atom is -0.367 e. The lowest BCUT2D eigenvalue weighted by atomic mass is 10.1. The first-order valence-electron chi connectivity index (χ1n) is 6.04. The quantitative estimate of drug-likeness (QED) is 0.792. The zero-order valence-electron chi connectivity index (χ0n) is 11.2. The zero-order valence-corrected chi connectivity index (χ0v) is 12.1. The summed E-state index contributed by atoms with van der Waals surface area (Å²) in [4.78, 5) is 16.2. The van der Waals surface area contributed by atoms with Gasteiger partial charge in [0.05, 0.1) is 6.54 Å². The van der Waals surface area contributed by atoms with Crippen LogP contribution in [0.3, 0.4) is 0 Å². The second-order valence-electron chi connectivity index (χ2n) is 4.59. The Labute approximate surface area is 116 Å². The molecule has 0 bridgehead atoms. The Bertz CT molecular complexity index is 606. The largest absolute Gasteiger partial charge is 0.367 e. The van der Waals surface area contributed by atoms with E-state index in [1.807, 2.05) is 19.9 Å². The molecule has 0 unspecified atom stereocenters. The van der Waals surface area contributed by atoms with Crippen LogP contribution < -0.4 is 4.90 Å². The van der Waals surface area contributed by atoms with Gasteiger partial charge in [-0.2, -0.15) is 0 Å². The molecule has 4 heteroatoms. The van der Waals surface area contributed by atoms with Crippen molar-refractivity contribution in [3.63, 3.8) is 0 Å². The Hall–Kier alpha value is -1.68. The predicted molar refractivity (Wildman–Crippen MR) is 77.8 cm³/mol. The molecule has 0 aliphatic heterocycles. The van der Waals surface area contributed by atoms with Gasteiger partial charge in [-0.05, 0) is 38.1 Å². The van der Waals surface area contributed by atoms with Crippen molar-refractivity contribution < 1.29 is 9.18 Å². The Morgan fingerprint density at radius 3 is 2.63 bits per heavy atom. The molecule has 0 fully saturated rings. The summed E-state index contributed by atoms with van der Waals surface area (Å²) in [6.07, 6.45) is 0. The number of nitrogens with zero attached hydrogens (tertiary/aromatic N) is 1. The molecular formula is C15H16FNOS. The lowest BCUT2D eigenvalue weighted by Gasteiger charge is -2.18. The summed E-state index contributed by atoms with van der Waals surface area (Å²) < 4.78 is 13.1. The fourth-order valence-electron chi connectivity index (χ4n) is 2.01. The van der Waals surface area contributed by atoms with Crippen molar-refractivity contribution in [1.82, 2.24) is 0 Å². The molecule has 2 aromatic rings. The van der Waals surface area contributed by atoms with Gasteiger partial charge < -0.3 is 4.90 Å². The molecule has 0 spiro atoms. The summed E-state index contributed by atoms with van der Waals surface area (Å²) in [5, 5.41) is 0. The third-order valence-electron chi connectivity index (χ3n) is 2.97. The van der Waals surface area contributed by atoms with Crippen LogP contribution in [-0.2, 0) is 0 Å². The molecule has 100 valence electrons. The van der Waals surface area contributed by atoms with Crippen molar-refractivity contribution in [3.8, 4) is 0 Å². The van der Waals surface area contributed by atoms with Crippen molar-refractivity contribution >= 4 is 22.8 Å². The number of hydrogen-bond donors (Lipinski definition) is 0. The first kappa shape index (κ1) is 13.7. The third-order valence-corrected chi connectivity index (χ3v) is 3.94. The number of benzene rings is 1. The number of carbonyl (C=O) groups is 1. The minimum absolute atomic E-state index is 0.0635. The molecule has 2 rings (SSSR count). The van der Waals surface area contributed by atoms with Crippen LogP contribution in [0.25, 0.3) is 0 Å². The van der Waals surface area contributed by atoms with E-state index in [1.54, 1.807) is 35.4 Å². The highest BCUT2D eigenvalue weighted by Gasteiger charge is 2.14. The Kier molecular flexibility index (Phi) is 4.00. The highest BCUT2D eigenvalue weighted by molar-refractivity contribution is 7.12. The van der Waals surface area contributed by atoms with Crippen LogP contribution in [0.5, 0.6) is 0 Å². The number of carbonyl (C=O) groups excluding carboxylic acids is 1. The molecule has 2 nitrogen and oxygen atoms in total. The van der Waals surface area contributed by atoms with Crippen molar-refractivity contribution in [2.45, 2.75) is 13.8 Å². The summed E-state index contributed by atoms with van der Waals surface area (Å²) in [5.74, 6) is -0.229. The maximum Gasteiger partial charge on any atom is 0.183 e. The molecule has 0 atom stereocenters. The summed E-state index contributed by atoms with van der Waals surface area (Å²) >= 11 is 1.62. The highest BCUT2D eigenvalue weighted by Crippen LogP contribution is 2.22. The van der Waals surface area contributed by atoms with Gasteiger partial charge in [-0.1, -0.05) is 6.07 Å². The summed E-state index contributed by atoms with van der Waals surface area (Å²) in [6.45, 7) is 4.19. The molecule has 0 radical (unpaired) electrons. The molecule has 0 amide bonds. The molecule has 1 aromatic carbocycles. The molecule has 0 aliphatic carbocycles. The molecule has 1 heterocycles. The number of halogens is 1. The van der Waals surface area contributed by atoms with Gasteiger partial charge >= 0.3 is 0 Å². The van der Waals surface area contributed by atoms with Gasteiger partial charge in [-0.25, -0.2) is 4.39 Å². The predicted octanol–water partition coefficient (Wildman–Crippen LogP) is 3.82. The summed E-state index contributed by atoms with van der Waals surface area (Å²) in [5.41, 5.74) is 1.48. The van der Waals surface area contributed by atoms with Crippen molar-refractivity contribution in [1.29, 1.82) is 0 Å². The lowest BCUT2D eigenvalue weighted by molar-refractivity contribution is 0.1000. The van der Waals surface area contributed by atoms with Gasteiger partial charge in [0.15, 0.2) is 5.78 Å². The van der Waals surface area contributed by atoms with E-state index >= 15 is 0 Å². The number of ketones is 1. The van der Waals surface area contributed by atoms with Crippen LogP contribution in [0, 0.1) is 19.7 Å². The third kappa shape index (κ3) is 3.20. The van der Waals surface area contributed by atoms with E-state index in [2.05, 4.69) is 0 Å². The smallest absolute Gasteiger partial charge is 0.183 e. The van der Waals surface area contributed by atoms with E-state index in [9.17, 15) is 9.18 Å². The van der Waals surface area contributed by atoms with Gasteiger partial charge in [-0.3, -0.25) is 4.79 Å². The highest BCUT2D eigenvalue weighted by atomic mass is 32.1. The molecule has 0 saturated carbocycles. The van der Waals surface area contributed by atoms with Crippen LogP contribution in [0.15, 0.2) is 30.3 Å². The monoisotopic (exact) mass is 277 g/mol. The molecule has 1 aromatic heterocycles. The zero-order chi connectivity index (χ0) is 14.0. The van der Waals surface area contributed by atoms with Crippen molar-refractivity contribution in [2.24, 2.45) is 0 Å². The van der Waals surface area contributed by atoms with Crippen molar-refractivity contribution in [2.75, 3.05) is 18.5 Å². The molecule has 0 saturated heterocycles. The van der Waals surface area contributed by atoms with Crippen molar-refractivity contribution in [3.05, 3.63) is 51.5 Å². The fraction of sp³-hybridized carbons (Fsp3) is 0.267. The number of anilines is 1. The number of thiophene rings is 1. The molecule has 19 heavy (non-hydrogen) atoms. The average molecular weight is 277 g/mol. The van der Waals surface area contributed by atoms with E-state index in [4.69, 9.17) is 0 Å². The number of aryl methyl sites for hydroxylation is 2. The summed E-state index contributed by atoms with van der Waals surface area (Å²) in [7, 11) is 1.79. The standard InChI is InChI=1S/C15H16FNOS/c1-10-7-14(11(2)19-10)15(18)9-17(3)13-6-4-5-12(16)8-13/h4-8H,9H2,1-3H3. The van der Waals surface area contributed by atoms with Gasteiger partial charge in [0.1, 0.15) is 5.82 Å². The minimum atomic E-state index is -0.292. The molecule has 0 N–H and O–H groups in total. The van der Waals surface area contributed by atoms with Gasteiger partial charge in [-0.15, -0.1) is 11.3 Å². The van der Waals surface area contributed by atoms with Crippen LogP contribution in [0.2, 0.25) is 0 Å². The Morgan fingerprint density at radius 2 is 2.05 bits per heavy atom. The summed E-state index contributed by atoms with van der Waals surface area (Å²) in [6, 6.07) is 8.18. The van der Waals surface area contributed by atoms with E-state index in [-0.39, 0.29) is 18.1 Å². The van der Waals surface area contributed by atoms with Crippen LogP contribution in [-0.4, -0.2) is 19.4 Å². The topological polar surface area (TPSA) is 20.3 Å². The fourth-order valence-corrected chi connectivity index (χ4v) is 2.96. The first-order valence-corrected chi connectivity index (χ1v) is 6.86. The van der Waals surface area contributed by atoms with Crippen LogP contribution >= 0.6 is 11.3 Å². The average Bonchev–Trinajstić information content (AvgIpc) is 2.68. The SMILES string of the molecule is Cc1cc(C(=O)CN(C)c2cccc(F)c2)c(C)s1. The Balaban J connectivity index is 2.13. The maximum absolute atomic E-state index is 13.1. The van der Waals surface area contributed by atoms with Crippen LogP contribution in [0.1, 0.15) is 20.1 Å². The second-order valence-corrected chi connectivity index (χ2v) is 6.05. The number of likely N-dealkylation sites (N-methyl/N-ethyl adjacent to an activating group) is 1. The van der Waals surface area contributed by atoms with Gasteiger partial charge in [0, 0.05) is 28.1 Å². The van der Waals surface area contributed by atoms with E-state index in [0.717, 1.165) is 15.3 Å². The van der Waals surface area contributed by atoms with E-state index in [1.165, 1.54) is 12.1 Å². The maximum atomic E-state index is 13.1. The van der Waals surface area contributed by atoms with E-state index in [0.29, 0.717) is 5.69 Å². The van der Waals surface area contributed by atoms with Gasteiger partial charge in [0.25, 0.3) is 0 Å². The van der Waals surface area contributed by atoms with Gasteiger partial charge in [0.2, 0.25) is 0 Å². The Morgan fingerprint density at radius 1 is 1.32 bits per heavy atom. The van der Waals surface area contributed by atoms with E-state index < -0.39 is 0 Å². The second kappa shape index (κ2) is 5.53. The molecule has 0 aliphatic rings. The normalized spacial score (nSPS) is 10.5. The number of hydrogen-bond acceptors (Lipinski definition) is 3.